The largest absolute Gasteiger partial charge is 0.446 e. The summed E-state index contributed by atoms with van der Waals surface area (Å²) in [7, 11) is -4.40. The maximum atomic E-state index is 10.3. The lowest BCUT2D eigenvalue weighted by Crippen LogP contribution is -2.06. The van der Waals surface area contributed by atoms with Gasteiger partial charge in [0.05, 0.1) is 0 Å². The molecule has 6 heteroatoms. The van der Waals surface area contributed by atoms with E-state index in [0.29, 0.717) is 0 Å². The first-order chi connectivity index (χ1) is 6.01. The normalized spacial score (nSPS) is 11.2. The zero-order valence-corrected chi connectivity index (χ0v) is 9.45. The van der Waals surface area contributed by atoms with E-state index < -0.39 is 10.4 Å². The lowest BCUT2D eigenvalue weighted by Gasteiger charge is -2.01. The van der Waals surface area contributed by atoms with Crippen molar-refractivity contribution in [2.75, 3.05) is 0 Å². The third-order valence-electron chi connectivity index (χ3n) is 1.28. The number of rotatable bonds is 3. The molecule has 0 amide bonds. The first-order valence-electron chi connectivity index (χ1n) is 3.33. The molecular formula is C7H7IO4S. The third-order valence-corrected chi connectivity index (χ3v) is 2.56. The number of benzene rings is 1. The molecule has 0 fully saturated rings. The van der Waals surface area contributed by atoms with Crippen molar-refractivity contribution in [2.45, 2.75) is 4.43 Å². The van der Waals surface area contributed by atoms with Gasteiger partial charge in [0, 0.05) is 4.43 Å². The van der Waals surface area contributed by atoms with E-state index in [1.165, 1.54) is 12.1 Å². The number of hydrogen-bond donors (Lipinski definition) is 1. The lowest BCUT2D eigenvalue weighted by atomic mass is 10.2. The highest BCUT2D eigenvalue weighted by Crippen LogP contribution is 2.15. The molecule has 1 N–H and O–H groups in total. The van der Waals surface area contributed by atoms with Gasteiger partial charge in [-0.3, -0.25) is 4.55 Å². The molecule has 0 aliphatic carbocycles. The van der Waals surface area contributed by atoms with Crippen LogP contribution in [0.1, 0.15) is 5.56 Å². The topological polar surface area (TPSA) is 63.6 Å². The van der Waals surface area contributed by atoms with E-state index in [-0.39, 0.29) is 5.75 Å². The average molecular weight is 314 g/mol. The van der Waals surface area contributed by atoms with Crippen molar-refractivity contribution < 1.29 is 17.2 Å². The molecule has 0 bridgehead atoms. The van der Waals surface area contributed by atoms with Crippen molar-refractivity contribution in [3.05, 3.63) is 29.8 Å². The average Bonchev–Trinajstić information content (AvgIpc) is 2.03. The van der Waals surface area contributed by atoms with Crippen LogP contribution in [0.5, 0.6) is 5.75 Å². The molecule has 1 aromatic carbocycles. The molecule has 0 heterocycles. The van der Waals surface area contributed by atoms with E-state index in [4.69, 9.17) is 4.55 Å². The summed E-state index contributed by atoms with van der Waals surface area (Å²) in [6.45, 7) is 0. The van der Waals surface area contributed by atoms with Crippen LogP contribution in [0.2, 0.25) is 0 Å². The van der Waals surface area contributed by atoms with Gasteiger partial charge in [0.2, 0.25) is 0 Å². The Balaban J connectivity index is 2.81. The van der Waals surface area contributed by atoms with Crippen LogP contribution in [0.15, 0.2) is 24.3 Å². The van der Waals surface area contributed by atoms with E-state index in [2.05, 4.69) is 26.8 Å². The van der Waals surface area contributed by atoms with Crippen LogP contribution in [0.25, 0.3) is 0 Å². The van der Waals surface area contributed by atoms with Gasteiger partial charge in [0.1, 0.15) is 5.75 Å². The molecule has 13 heavy (non-hydrogen) atoms. The predicted molar refractivity (Wildman–Crippen MR) is 56.3 cm³/mol. The van der Waals surface area contributed by atoms with E-state index in [0.717, 1.165) is 9.99 Å². The van der Waals surface area contributed by atoms with Gasteiger partial charge in [-0.05, 0) is 17.7 Å². The second-order valence-corrected chi connectivity index (χ2v) is 4.07. The minimum absolute atomic E-state index is 0.108. The van der Waals surface area contributed by atoms with Crippen molar-refractivity contribution in [1.82, 2.24) is 0 Å². The fraction of sp³-hybridized carbons (Fsp3) is 0.143. The van der Waals surface area contributed by atoms with Crippen molar-refractivity contribution in [3.8, 4) is 5.75 Å². The second kappa shape index (κ2) is 4.25. The highest BCUT2D eigenvalue weighted by atomic mass is 127. The fourth-order valence-electron chi connectivity index (χ4n) is 0.756. The number of alkyl halides is 1. The molecule has 0 unspecified atom stereocenters. The molecule has 0 saturated heterocycles. The van der Waals surface area contributed by atoms with Crippen LogP contribution in [-0.2, 0) is 14.8 Å². The molecule has 0 aliphatic rings. The minimum Gasteiger partial charge on any atom is -0.362 e. The Kier molecular flexibility index (Phi) is 3.51. The summed E-state index contributed by atoms with van der Waals surface area (Å²) in [4.78, 5) is 0. The van der Waals surface area contributed by atoms with Crippen molar-refractivity contribution in [3.63, 3.8) is 0 Å². The van der Waals surface area contributed by atoms with Gasteiger partial charge in [0.15, 0.2) is 0 Å². The van der Waals surface area contributed by atoms with Crippen LogP contribution in [0.3, 0.4) is 0 Å². The Hall–Kier alpha value is -0.340. The summed E-state index contributed by atoms with van der Waals surface area (Å²) >= 11 is 2.18. The Labute approximate surface area is 90.0 Å². The fourth-order valence-corrected chi connectivity index (χ4v) is 1.62. The molecule has 0 radical (unpaired) electrons. The Morgan fingerprint density at radius 3 is 2.23 bits per heavy atom. The van der Waals surface area contributed by atoms with Crippen molar-refractivity contribution in [1.29, 1.82) is 0 Å². The SMILES string of the molecule is O=S(=O)(O)Oc1ccc(CI)cc1. The quantitative estimate of drug-likeness (QED) is 0.525. The molecule has 4 nitrogen and oxygen atoms in total. The van der Waals surface area contributed by atoms with Gasteiger partial charge in [-0.15, -0.1) is 0 Å². The van der Waals surface area contributed by atoms with Crippen LogP contribution < -0.4 is 4.18 Å². The second-order valence-electron chi connectivity index (χ2n) is 2.29. The molecule has 0 aliphatic heterocycles. The maximum absolute atomic E-state index is 10.3. The zero-order valence-electron chi connectivity index (χ0n) is 6.47. The molecule has 0 spiro atoms. The molecule has 1 aromatic rings. The summed E-state index contributed by atoms with van der Waals surface area (Å²) < 4.78 is 34.0. The molecule has 0 atom stereocenters. The lowest BCUT2D eigenvalue weighted by molar-refractivity contribution is 0.387. The van der Waals surface area contributed by atoms with Gasteiger partial charge in [-0.2, -0.15) is 8.42 Å². The van der Waals surface area contributed by atoms with Crippen molar-refractivity contribution in [2.24, 2.45) is 0 Å². The summed E-state index contributed by atoms with van der Waals surface area (Å²) in [5, 5.41) is 0. The summed E-state index contributed by atoms with van der Waals surface area (Å²) in [5.74, 6) is 0.108. The monoisotopic (exact) mass is 314 g/mol. The third kappa shape index (κ3) is 3.92. The van der Waals surface area contributed by atoms with Gasteiger partial charge < -0.3 is 4.18 Å². The van der Waals surface area contributed by atoms with Gasteiger partial charge in [0.25, 0.3) is 0 Å². The maximum Gasteiger partial charge on any atom is 0.446 e. The summed E-state index contributed by atoms with van der Waals surface area (Å²) in [6, 6.07) is 6.43. The van der Waals surface area contributed by atoms with Crippen LogP contribution >= 0.6 is 22.6 Å². The summed E-state index contributed by atoms with van der Waals surface area (Å²) in [6.07, 6.45) is 0. The Morgan fingerprint density at radius 1 is 1.31 bits per heavy atom. The first kappa shape index (κ1) is 10.7. The predicted octanol–water partition coefficient (Wildman–Crippen LogP) is 1.80. The van der Waals surface area contributed by atoms with E-state index in [1.54, 1.807) is 12.1 Å². The van der Waals surface area contributed by atoms with Crippen LogP contribution in [0.4, 0.5) is 0 Å². The highest BCUT2D eigenvalue weighted by Gasteiger charge is 2.05. The highest BCUT2D eigenvalue weighted by molar-refractivity contribution is 14.1. The van der Waals surface area contributed by atoms with Gasteiger partial charge in [-0.25, -0.2) is 0 Å². The summed E-state index contributed by atoms with van der Waals surface area (Å²) in [5.41, 5.74) is 1.06. The zero-order chi connectivity index (χ0) is 9.90. The Morgan fingerprint density at radius 2 is 1.85 bits per heavy atom. The standard InChI is InChI=1S/C7H7IO4S/c8-5-6-1-3-7(4-2-6)12-13(9,10)11/h1-4H,5H2,(H,9,10,11). The van der Waals surface area contributed by atoms with Gasteiger partial charge in [-0.1, -0.05) is 34.7 Å². The molecule has 72 valence electrons. The Bertz CT molecular complexity index is 370. The molecule has 0 saturated carbocycles. The molecular weight excluding hydrogens is 307 g/mol. The van der Waals surface area contributed by atoms with E-state index >= 15 is 0 Å². The van der Waals surface area contributed by atoms with Crippen LogP contribution in [0, 0.1) is 0 Å². The number of hydrogen-bond acceptors (Lipinski definition) is 3. The van der Waals surface area contributed by atoms with Crippen LogP contribution in [-0.4, -0.2) is 13.0 Å². The molecule has 1 rings (SSSR count). The molecule has 0 aromatic heterocycles. The van der Waals surface area contributed by atoms with Gasteiger partial charge >= 0.3 is 10.4 Å². The number of halogens is 1. The minimum atomic E-state index is -4.40. The smallest absolute Gasteiger partial charge is 0.362 e. The van der Waals surface area contributed by atoms with E-state index in [9.17, 15) is 8.42 Å². The van der Waals surface area contributed by atoms with Crippen molar-refractivity contribution >= 4 is 33.0 Å². The first-order valence-corrected chi connectivity index (χ1v) is 6.22. The van der Waals surface area contributed by atoms with E-state index in [1.807, 2.05) is 0 Å².